The standard InChI is InChI=1S/C15H22ClN3O2/c1-11-9-12(10-17-13(11)16)18-5-7-19(8-6-18)14(20)21-15(2,3)4/h9-10H,5-8H2,1-4H3. The van der Waals surface area contributed by atoms with Gasteiger partial charge in [-0.25, -0.2) is 9.78 Å². The van der Waals surface area contributed by atoms with E-state index in [1.54, 1.807) is 11.1 Å². The first-order valence-electron chi connectivity index (χ1n) is 7.11. The number of ether oxygens (including phenoxy) is 1. The molecule has 0 aromatic carbocycles. The van der Waals surface area contributed by atoms with Crippen LogP contribution in [0.3, 0.4) is 0 Å². The molecule has 6 heteroatoms. The van der Waals surface area contributed by atoms with Crippen molar-refractivity contribution in [2.24, 2.45) is 0 Å². The first-order chi connectivity index (χ1) is 9.76. The molecule has 1 fully saturated rings. The highest BCUT2D eigenvalue weighted by Crippen LogP contribution is 2.21. The van der Waals surface area contributed by atoms with Crippen molar-refractivity contribution in [3.63, 3.8) is 0 Å². The van der Waals surface area contributed by atoms with Crippen LogP contribution in [0.15, 0.2) is 12.3 Å². The number of anilines is 1. The number of rotatable bonds is 1. The van der Waals surface area contributed by atoms with E-state index in [1.165, 1.54) is 0 Å². The van der Waals surface area contributed by atoms with Gasteiger partial charge in [-0.1, -0.05) is 11.6 Å². The molecule has 0 N–H and O–H groups in total. The second kappa shape index (κ2) is 6.10. The summed E-state index contributed by atoms with van der Waals surface area (Å²) in [5, 5.41) is 0.533. The van der Waals surface area contributed by atoms with E-state index in [4.69, 9.17) is 16.3 Å². The number of aromatic nitrogens is 1. The number of hydrogen-bond acceptors (Lipinski definition) is 4. The molecule has 1 aromatic rings. The van der Waals surface area contributed by atoms with Crippen LogP contribution in [0.1, 0.15) is 26.3 Å². The first-order valence-corrected chi connectivity index (χ1v) is 7.49. The lowest BCUT2D eigenvalue weighted by molar-refractivity contribution is 0.0240. The second-order valence-corrected chi connectivity index (χ2v) is 6.61. The van der Waals surface area contributed by atoms with E-state index in [0.717, 1.165) is 24.3 Å². The third kappa shape index (κ3) is 4.24. The largest absolute Gasteiger partial charge is 0.444 e. The minimum Gasteiger partial charge on any atom is -0.444 e. The lowest BCUT2D eigenvalue weighted by Crippen LogP contribution is -2.50. The van der Waals surface area contributed by atoms with Crippen LogP contribution >= 0.6 is 11.6 Å². The van der Waals surface area contributed by atoms with Gasteiger partial charge in [0.2, 0.25) is 0 Å². The van der Waals surface area contributed by atoms with E-state index < -0.39 is 5.60 Å². The minimum atomic E-state index is -0.453. The summed E-state index contributed by atoms with van der Waals surface area (Å²) in [6.07, 6.45) is 1.53. The highest BCUT2D eigenvalue weighted by Gasteiger charge is 2.26. The molecule has 0 saturated carbocycles. The Morgan fingerprint density at radius 3 is 2.43 bits per heavy atom. The number of carbonyl (C=O) groups is 1. The second-order valence-electron chi connectivity index (χ2n) is 6.26. The molecule has 0 bridgehead atoms. The van der Waals surface area contributed by atoms with Gasteiger partial charge >= 0.3 is 6.09 Å². The third-order valence-electron chi connectivity index (χ3n) is 3.30. The zero-order valence-corrected chi connectivity index (χ0v) is 13.8. The summed E-state index contributed by atoms with van der Waals surface area (Å²) in [6.45, 7) is 10.4. The molecule has 0 unspecified atom stereocenters. The predicted molar refractivity (Wildman–Crippen MR) is 84.0 cm³/mol. The number of carbonyl (C=O) groups excluding carboxylic acids is 1. The SMILES string of the molecule is Cc1cc(N2CCN(C(=O)OC(C)(C)C)CC2)cnc1Cl. The molecule has 2 heterocycles. The Hall–Kier alpha value is -1.49. The molecule has 1 saturated heterocycles. The van der Waals surface area contributed by atoms with Gasteiger partial charge in [-0.2, -0.15) is 0 Å². The van der Waals surface area contributed by atoms with Crippen molar-refractivity contribution in [1.82, 2.24) is 9.88 Å². The molecule has 1 aliphatic heterocycles. The van der Waals surface area contributed by atoms with Crippen molar-refractivity contribution in [2.45, 2.75) is 33.3 Å². The van der Waals surface area contributed by atoms with Crippen molar-refractivity contribution < 1.29 is 9.53 Å². The van der Waals surface area contributed by atoms with Crippen LogP contribution in [-0.4, -0.2) is 47.8 Å². The number of aryl methyl sites for hydroxylation is 1. The molecule has 116 valence electrons. The summed E-state index contributed by atoms with van der Waals surface area (Å²) in [5.41, 5.74) is 1.55. The summed E-state index contributed by atoms with van der Waals surface area (Å²) >= 11 is 5.95. The number of pyridine rings is 1. The lowest BCUT2D eigenvalue weighted by atomic mass is 10.2. The molecule has 1 aliphatic rings. The van der Waals surface area contributed by atoms with Gasteiger partial charge in [0.05, 0.1) is 11.9 Å². The highest BCUT2D eigenvalue weighted by atomic mass is 35.5. The van der Waals surface area contributed by atoms with Crippen LogP contribution in [0.5, 0.6) is 0 Å². The van der Waals surface area contributed by atoms with Crippen LogP contribution < -0.4 is 4.90 Å². The summed E-state index contributed by atoms with van der Waals surface area (Å²) in [6, 6.07) is 2.03. The van der Waals surface area contributed by atoms with E-state index in [2.05, 4.69) is 9.88 Å². The molecule has 0 spiro atoms. The minimum absolute atomic E-state index is 0.243. The summed E-state index contributed by atoms with van der Waals surface area (Å²) in [5.74, 6) is 0. The fraction of sp³-hybridized carbons (Fsp3) is 0.600. The number of piperazine rings is 1. The monoisotopic (exact) mass is 311 g/mol. The maximum Gasteiger partial charge on any atom is 0.410 e. The van der Waals surface area contributed by atoms with Crippen molar-refractivity contribution in [2.75, 3.05) is 31.1 Å². The Bertz CT molecular complexity index is 520. The van der Waals surface area contributed by atoms with Gasteiger partial charge in [0.15, 0.2) is 0 Å². The van der Waals surface area contributed by atoms with Gasteiger partial charge in [-0.15, -0.1) is 0 Å². The van der Waals surface area contributed by atoms with E-state index in [-0.39, 0.29) is 6.09 Å². The van der Waals surface area contributed by atoms with Crippen LogP contribution in [0.2, 0.25) is 5.15 Å². The zero-order chi connectivity index (χ0) is 15.6. The molecule has 21 heavy (non-hydrogen) atoms. The van der Waals surface area contributed by atoms with Crippen LogP contribution in [-0.2, 0) is 4.74 Å². The molecule has 0 aliphatic carbocycles. The summed E-state index contributed by atoms with van der Waals surface area (Å²) < 4.78 is 5.39. The molecule has 5 nitrogen and oxygen atoms in total. The lowest BCUT2D eigenvalue weighted by Gasteiger charge is -2.36. The summed E-state index contributed by atoms with van der Waals surface area (Å²) in [7, 11) is 0. The van der Waals surface area contributed by atoms with Crippen molar-refractivity contribution in [3.8, 4) is 0 Å². The number of nitrogens with zero attached hydrogens (tertiary/aromatic N) is 3. The van der Waals surface area contributed by atoms with E-state index >= 15 is 0 Å². The normalized spacial score (nSPS) is 16.0. The Labute approximate surface area is 130 Å². The van der Waals surface area contributed by atoms with Crippen LogP contribution in [0.4, 0.5) is 10.5 Å². The van der Waals surface area contributed by atoms with E-state index in [1.807, 2.05) is 33.8 Å². The molecular formula is C15H22ClN3O2. The topological polar surface area (TPSA) is 45.7 Å². The molecule has 2 rings (SSSR count). The third-order valence-corrected chi connectivity index (χ3v) is 3.69. The number of amides is 1. The van der Waals surface area contributed by atoms with E-state index in [9.17, 15) is 4.79 Å². The van der Waals surface area contributed by atoms with Gasteiger partial charge in [0, 0.05) is 26.2 Å². The maximum absolute atomic E-state index is 12.0. The smallest absolute Gasteiger partial charge is 0.410 e. The van der Waals surface area contributed by atoms with Crippen molar-refractivity contribution in [1.29, 1.82) is 0 Å². The average Bonchev–Trinajstić information content (AvgIpc) is 2.40. The zero-order valence-electron chi connectivity index (χ0n) is 13.0. The quantitative estimate of drug-likeness (QED) is 0.748. The fourth-order valence-corrected chi connectivity index (χ4v) is 2.29. The van der Waals surface area contributed by atoms with Crippen LogP contribution in [0, 0.1) is 6.92 Å². The Morgan fingerprint density at radius 1 is 1.29 bits per heavy atom. The molecule has 0 radical (unpaired) electrons. The van der Waals surface area contributed by atoms with Gasteiger partial charge in [0.25, 0.3) is 0 Å². The maximum atomic E-state index is 12.0. The van der Waals surface area contributed by atoms with E-state index in [0.29, 0.717) is 18.2 Å². The van der Waals surface area contributed by atoms with Gasteiger partial charge in [0.1, 0.15) is 10.8 Å². The Morgan fingerprint density at radius 2 is 1.90 bits per heavy atom. The van der Waals surface area contributed by atoms with Crippen molar-refractivity contribution in [3.05, 3.63) is 23.0 Å². The molecule has 0 atom stereocenters. The number of hydrogen-bond donors (Lipinski definition) is 0. The first kappa shape index (κ1) is 15.9. The highest BCUT2D eigenvalue weighted by molar-refractivity contribution is 6.30. The molecular weight excluding hydrogens is 290 g/mol. The van der Waals surface area contributed by atoms with Gasteiger partial charge in [-0.3, -0.25) is 0 Å². The van der Waals surface area contributed by atoms with Gasteiger partial charge in [-0.05, 0) is 39.3 Å². The number of halogens is 1. The summed E-state index contributed by atoms with van der Waals surface area (Å²) in [4.78, 5) is 20.1. The fourth-order valence-electron chi connectivity index (χ4n) is 2.19. The van der Waals surface area contributed by atoms with Crippen molar-refractivity contribution >= 4 is 23.4 Å². The molecule has 1 aromatic heterocycles. The predicted octanol–water partition coefficient (Wildman–Crippen LogP) is 3.10. The Kier molecular flexibility index (Phi) is 4.61. The molecule has 1 amide bonds. The average molecular weight is 312 g/mol. The Balaban J connectivity index is 1.94. The van der Waals surface area contributed by atoms with Crippen LogP contribution in [0.25, 0.3) is 0 Å². The van der Waals surface area contributed by atoms with Gasteiger partial charge < -0.3 is 14.5 Å².